The van der Waals surface area contributed by atoms with Gasteiger partial charge in [-0.25, -0.2) is 18.0 Å². The Morgan fingerprint density at radius 1 is 1.45 bits per heavy atom. The lowest BCUT2D eigenvalue weighted by Gasteiger charge is -2.17. The van der Waals surface area contributed by atoms with E-state index in [1.54, 1.807) is 0 Å². The molecule has 9 heteroatoms. The van der Waals surface area contributed by atoms with Gasteiger partial charge in [0, 0.05) is 12.2 Å². The maximum Gasteiger partial charge on any atom is 0.315 e. The summed E-state index contributed by atoms with van der Waals surface area (Å²) in [5.41, 5.74) is 0.323. The third kappa shape index (κ3) is 3.82. The molecule has 0 bridgehead atoms. The Morgan fingerprint density at radius 2 is 2.18 bits per heavy atom. The van der Waals surface area contributed by atoms with Gasteiger partial charge in [0.1, 0.15) is 11.9 Å². The van der Waals surface area contributed by atoms with E-state index in [0.29, 0.717) is 12.1 Å². The first-order chi connectivity index (χ1) is 10.4. The lowest BCUT2D eigenvalue weighted by Crippen LogP contribution is -2.47. The van der Waals surface area contributed by atoms with E-state index in [4.69, 9.17) is 11.6 Å². The van der Waals surface area contributed by atoms with Crippen molar-refractivity contribution < 1.29 is 22.8 Å². The highest BCUT2D eigenvalue weighted by atomic mass is 35.5. The average Bonchev–Trinajstić information content (AvgIpc) is 2.81. The van der Waals surface area contributed by atoms with Crippen LogP contribution in [0, 0.1) is 5.82 Å². The van der Waals surface area contributed by atoms with Crippen LogP contribution in [0.3, 0.4) is 0 Å². The number of rotatable bonds is 4. The van der Waals surface area contributed by atoms with Crippen LogP contribution in [0.15, 0.2) is 18.2 Å². The molecule has 0 spiro atoms. The number of benzene rings is 1. The Balaban J connectivity index is 1.97. The van der Waals surface area contributed by atoms with Gasteiger partial charge in [0.25, 0.3) is 6.43 Å². The summed E-state index contributed by atoms with van der Waals surface area (Å²) in [5, 5.41) is 4.21. The number of carbonyl (C=O) groups is 2. The van der Waals surface area contributed by atoms with Gasteiger partial charge in [-0.05, 0) is 24.6 Å². The molecule has 1 aliphatic rings. The van der Waals surface area contributed by atoms with Crippen molar-refractivity contribution in [1.29, 1.82) is 0 Å². The molecule has 1 atom stereocenters. The van der Waals surface area contributed by atoms with Crippen molar-refractivity contribution in [2.24, 2.45) is 0 Å². The molecule has 1 aliphatic heterocycles. The molecule has 2 rings (SSSR count). The number of anilines is 1. The van der Waals surface area contributed by atoms with Crippen LogP contribution >= 0.6 is 11.6 Å². The van der Waals surface area contributed by atoms with Gasteiger partial charge in [-0.3, -0.25) is 4.79 Å². The van der Waals surface area contributed by atoms with Crippen molar-refractivity contribution in [1.82, 2.24) is 10.6 Å². The summed E-state index contributed by atoms with van der Waals surface area (Å²) in [6, 6.07) is 2.26. The molecule has 1 saturated heterocycles. The predicted octanol–water partition coefficient (Wildman–Crippen LogP) is 2.15. The molecule has 0 aliphatic carbocycles. The zero-order valence-corrected chi connectivity index (χ0v) is 12.0. The quantitative estimate of drug-likeness (QED) is 0.885. The monoisotopic (exact) mass is 335 g/mol. The number of hydrogen-bond acceptors (Lipinski definition) is 2. The molecule has 1 aromatic rings. The molecular weight excluding hydrogens is 323 g/mol. The van der Waals surface area contributed by atoms with Crippen LogP contribution in [0.25, 0.3) is 0 Å². The Bertz CT molecular complexity index is 586. The average molecular weight is 336 g/mol. The van der Waals surface area contributed by atoms with Crippen molar-refractivity contribution >= 4 is 29.2 Å². The standard InChI is InChI=1S/C13H13ClF3N3O2/c14-8-2-1-7(5-9(8)15)20-4-3-10(12(20)21)19-13(22)18-6-11(16)17/h1-2,5,10-11H,3-4,6H2,(H2,18,19,22). The molecule has 22 heavy (non-hydrogen) atoms. The number of alkyl halides is 2. The minimum atomic E-state index is -2.67. The van der Waals surface area contributed by atoms with E-state index in [1.165, 1.54) is 17.0 Å². The number of hydrogen-bond donors (Lipinski definition) is 2. The van der Waals surface area contributed by atoms with Gasteiger partial charge in [-0.15, -0.1) is 0 Å². The van der Waals surface area contributed by atoms with E-state index in [1.807, 2.05) is 5.32 Å². The highest BCUT2D eigenvalue weighted by Gasteiger charge is 2.33. The number of halogens is 4. The molecule has 1 aromatic carbocycles. The van der Waals surface area contributed by atoms with Crippen LogP contribution < -0.4 is 15.5 Å². The minimum Gasteiger partial charge on any atom is -0.332 e. The predicted molar refractivity (Wildman–Crippen MR) is 74.7 cm³/mol. The second-order valence-electron chi connectivity index (χ2n) is 4.67. The van der Waals surface area contributed by atoms with Gasteiger partial charge in [-0.2, -0.15) is 0 Å². The smallest absolute Gasteiger partial charge is 0.315 e. The summed E-state index contributed by atoms with van der Waals surface area (Å²) in [5.74, 6) is -1.09. The topological polar surface area (TPSA) is 61.4 Å². The van der Waals surface area contributed by atoms with Crippen LogP contribution in [-0.4, -0.2) is 37.5 Å². The summed E-state index contributed by atoms with van der Waals surface area (Å²) in [6.45, 7) is -0.515. The van der Waals surface area contributed by atoms with E-state index in [-0.39, 0.29) is 11.6 Å². The molecule has 2 N–H and O–H groups in total. The van der Waals surface area contributed by atoms with Gasteiger partial charge < -0.3 is 15.5 Å². The highest BCUT2D eigenvalue weighted by Crippen LogP contribution is 2.25. The van der Waals surface area contributed by atoms with Crippen LogP contribution in [0.1, 0.15) is 6.42 Å². The Kier molecular flexibility index (Phi) is 5.12. The summed E-state index contributed by atoms with van der Waals surface area (Å²) in [6.07, 6.45) is -2.37. The number of nitrogens with one attached hydrogen (secondary N) is 2. The molecule has 0 aromatic heterocycles. The summed E-state index contributed by atoms with van der Waals surface area (Å²) in [7, 11) is 0. The maximum atomic E-state index is 13.4. The van der Waals surface area contributed by atoms with Gasteiger partial charge >= 0.3 is 6.03 Å². The van der Waals surface area contributed by atoms with Crippen LogP contribution in [0.5, 0.6) is 0 Å². The van der Waals surface area contributed by atoms with Gasteiger partial charge in [0.05, 0.1) is 11.6 Å². The largest absolute Gasteiger partial charge is 0.332 e. The molecule has 0 radical (unpaired) electrons. The SMILES string of the molecule is O=C(NCC(F)F)NC1CCN(c2ccc(Cl)c(F)c2)C1=O. The van der Waals surface area contributed by atoms with Crippen molar-refractivity contribution in [3.05, 3.63) is 29.0 Å². The molecule has 1 fully saturated rings. The highest BCUT2D eigenvalue weighted by molar-refractivity contribution is 6.30. The van der Waals surface area contributed by atoms with Crippen LogP contribution in [0.2, 0.25) is 5.02 Å². The summed E-state index contributed by atoms with van der Waals surface area (Å²) in [4.78, 5) is 24.8. The number of urea groups is 1. The molecule has 3 amide bonds. The zero-order chi connectivity index (χ0) is 16.3. The fourth-order valence-electron chi connectivity index (χ4n) is 2.10. The van der Waals surface area contributed by atoms with E-state index in [2.05, 4.69) is 5.32 Å². The van der Waals surface area contributed by atoms with Gasteiger partial charge in [0.15, 0.2) is 0 Å². The van der Waals surface area contributed by atoms with Crippen molar-refractivity contribution in [2.75, 3.05) is 18.0 Å². The molecule has 5 nitrogen and oxygen atoms in total. The first kappa shape index (κ1) is 16.4. The van der Waals surface area contributed by atoms with Gasteiger partial charge in [-0.1, -0.05) is 11.6 Å². The number of nitrogens with zero attached hydrogens (tertiary/aromatic N) is 1. The second-order valence-corrected chi connectivity index (χ2v) is 5.08. The lowest BCUT2D eigenvalue weighted by molar-refractivity contribution is -0.118. The summed E-state index contributed by atoms with van der Waals surface area (Å²) >= 11 is 5.58. The first-order valence-corrected chi connectivity index (χ1v) is 6.85. The molecule has 120 valence electrons. The van der Waals surface area contributed by atoms with E-state index >= 15 is 0 Å². The number of amides is 3. The fourth-order valence-corrected chi connectivity index (χ4v) is 2.22. The van der Waals surface area contributed by atoms with Crippen LogP contribution in [0.4, 0.5) is 23.7 Å². The zero-order valence-electron chi connectivity index (χ0n) is 11.3. The van der Waals surface area contributed by atoms with E-state index in [0.717, 1.165) is 6.07 Å². The van der Waals surface area contributed by atoms with E-state index < -0.39 is 36.8 Å². The second kappa shape index (κ2) is 6.87. The lowest BCUT2D eigenvalue weighted by atomic mass is 10.2. The van der Waals surface area contributed by atoms with Crippen molar-refractivity contribution in [3.63, 3.8) is 0 Å². The third-order valence-electron chi connectivity index (χ3n) is 3.14. The molecular formula is C13H13ClF3N3O2. The molecule has 1 heterocycles. The minimum absolute atomic E-state index is 0.0588. The Labute approximate surface area is 129 Å². The van der Waals surface area contributed by atoms with Crippen molar-refractivity contribution in [2.45, 2.75) is 18.9 Å². The fraction of sp³-hybridized carbons (Fsp3) is 0.385. The van der Waals surface area contributed by atoms with Crippen molar-refractivity contribution in [3.8, 4) is 0 Å². The molecule has 0 saturated carbocycles. The maximum absolute atomic E-state index is 13.4. The normalized spacial score (nSPS) is 18.0. The van der Waals surface area contributed by atoms with E-state index in [9.17, 15) is 22.8 Å². The van der Waals surface area contributed by atoms with Gasteiger partial charge in [0.2, 0.25) is 5.91 Å². The molecule has 1 unspecified atom stereocenters. The Morgan fingerprint density at radius 3 is 2.82 bits per heavy atom. The first-order valence-electron chi connectivity index (χ1n) is 6.47. The Hall–Kier alpha value is -1.96. The third-order valence-corrected chi connectivity index (χ3v) is 3.45. The summed E-state index contributed by atoms with van der Waals surface area (Å²) < 4.78 is 37.4. The number of carbonyl (C=O) groups excluding carboxylic acids is 2. The van der Waals surface area contributed by atoms with Crippen LogP contribution in [-0.2, 0) is 4.79 Å².